The molecule has 1 aliphatic carbocycles. The van der Waals surface area contributed by atoms with Crippen LogP contribution in [-0.2, 0) is 7.05 Å². The lowest BCUT2D eigenvalue weighted by Crippen LogP contribution is -2.08. The summed E-state index contributed by atoms with van der Waals surface area (Å²) in [4.78, 5) is 8.97. The van der Waals surface area contributed by atoms with Gasteiger partial charge in [0.15, 0.2) is 5.82 Å². The third kappa shape index (κ3) is 2.95. The summed E-state index contributed by atoms with van der Waals surface area (Å²) >= 11 is 0. The third-order valence-electron chi connectivity index (χ3n) is 4.39. The van der Waals surface area contributed by atoms with E-state index in [4.69, 9.17) is 0 Å². The van der Waals surface area contributed by atoms with Crippen LogP contribution in [0.3, 0.4) is 0 Å². The molecule has 2 heterocycles. The van der Waals surface area contributed by atoms with Gasteiger partial charge in [0, 0.05) is 43.2 Å². The standard InChI is InChI=1S/C18H19N5/c1-23-16(7-10-21-23)15-11-14(15)12-20-17-8-9-19-18(22-17)13-5-3-2-4-6-13/h2-10,14-15H,11-12H2,1H3,(H,19,20,22)/t14-,15+/m0/s1. The Bertz CT molecular complexity index is 796. The minimum absolute atomic E-state index is 0.616. The van der Waals surface area contributed by atoms with E-state index < -0.39 is 0 Å². The van der Waals surface area contributed by atoms with Gasteiger partial charge in [-0.2, -0.15) is 5.10 Å². The summed E-state index contributed by atoms with van der Waals surface area (Å²) in [7, 11) is 2.01. The van der Waals surface area contributed by atoms with Crippen molar-refractivity contribution < 1.29 is 0 Å². The van der Waals surface area contributed by atoms with Gasteiger partial charge in [-0.3, -0.25) is 4.68 Å². The molecule has 1 saturated carbocycles. The summed E-state index contributed by atoms with van der Waals surface area (Å²) in [6, 6.07) is 14.1. The van der Waals surface area contributed by atoms with E-state index >= 15 is 0 Å². The summed E-state index contributed by atoms with van der Waals surface area (Å²) in [5.41, 5.74) is 2.36. The molecule has 116 valence electrons. The van der Waals surface area contributed by atoms with Crippen molar-refractivity contribution in [2.24, 2.45) is 13.0 Å². The van der Waals surface area contributed by atoms with Crippen molar-refractivity contribution >= 4 is 5.82 Å². The molecule has 0 unspecified atom stereocenters. The Morgan fingerprint density at radius 3 is 2.78 bits per heavy atom. The molecule has 1 aliphatic rings. The fraction of sp³-hybridized carbons (Fsp3) is 0.278. The zero-order valence-corrected chi connectivity index (χ0v) is 13.1. The third-order valence-corrected chi connectivity index (χ3v) is 4.39. The Kier molecular flexibility index (Phi) is 3.54. The van der Waals surface area contributed by atoms with E-state index in [9.17, 15) is 0 Å². The Morgan fingerprint density at radius 2 is 2.00 bits per heavy atom. The van der Waals surface area contributed by atoms with Gasteiger partial charge in [0.2, 0.25) is 0 Å². The van der Waals surface area contributed by atoms with Crippen LogP contribution in [0.1, 0.15) is 18.0 Å². The molecule has 23 heavy (non-hydrogen) atoms. The second kappa shape index (κ2) is 5.83. The van der Waals surface area contributed by atoms with Crippen LogP contribution in [0.2, 0.25) is 0 Å². The smallest absolute Gasteiger partial charge is 0.161 e. The van der Waals surface area contributed by atoms with Gasteiger partial charge in [0.25, 0.3) is 0 Å². The van der Waals surface area contributed by atoms with Crippen LogP contribution in [0.4, 0.5) is 5.82 Å². The molecule has 0 spiro atoms. The Morgan fingerprint density at radius 1 is 1.13 bits per heavy atom. The van der Waals surface area contributed by atoms with Gasteiger partial charge in [-0.1, -0.05) is 30.3 Å². The molecule has 2 atom stereocenters. The van der Waals surface area contributed by atoms with E-state index in [1.54, 1.807) is 0 Å². The summed E-state index contributed by atoms with van der Waals surface area (Å²) in [6.45, 7) is 0.932. The quantitative estimate of drug-likeness (QED) is 0.787. The maximum Gasteiger partial charge on any atom is 0.161 e. The first-order valence-corrected chi connectivity index (χ1v) is 7.91. The molecule has 1 aromatic carbocycles. The van der Waals surface area contributed by atoms with Crippen LogP contribution in [0.5, 0.6) is 0 Å². The Balaban J connectivity index is 1.40. The largest absolute Gasteiger partial charge is 0.370 e. The summed E-state index contributed by atoms with van der Waals surface area (Å²) in [5.74, 6) is 2.91. The molecule has 4 rings (SSSR count). The molecule has 3 aromatic rings. The zero-order chi connectivity index (χ0) is 15.6. The number of hydrogen-bond donors (Lipinski definition) is 1. The van der Waals surface area contributed by atoms with Crippen molar-refractivity contribution in [1.29, 1.82) is 0 Å². The minimum atomic E-state index is 0.616. The topological polar surface area (TPSA) is 55.6 Å². The fourth-order valence-electron chi connectivity index (χ4n) is 3.00. The number of hydrogen-bond acceptors (Lipinski definition) is 4. The number of rotatable bonds is 5. The SMILES string of the molecule is Cn1nccc1[C@@H]1C[C@H]1CNc1ccnc(-c2ccccc2)n1. The molecule has 2 aromatic heterocycles. The van der Waals surface area contributed by atoms with Gasteiger partial charge < -0.3 is 5.32 Å². The summed E-state index contributed by atoms with van der Waals surface area (Å²) < 4.78 is 1.98. The van der Waals surface area contributed by atoms with Crippen LogP contribution in [0.15, 0.2) is 54.9 Å². The number of nitrogens with one attached hydrogen (secondary N) is 1. The average Bonchev–Trinajstić information content (AvgIpc) is 3.25. The predicted octanol–water partition coefficient (Wildman–Crippen LogP) is 3.09. The van der Waals surface area contributed by atoms with Crippen LogP contribution in [-0.4, -0.2) is 26.3 Å². The molecule has 0 aliphatic heterocycles. The number of benzene rings is 1. The molecule has 0 bridgehead atoms. The lowest BCUT2D eigenvalue weighted by atomic mass is 10.2. The highest BCUT2D eigenvalue weighted by Gasteiger charge is 2.39. The van der Waals surface area contributed by atoms with Gasteiger partial charge in [-0.15, -0.1) is 0 Å². The highest BCUT2D eigenvalue weighted by Crippen LogP contribution is 2.46. The first-order valence-electron chi connectivity index (χ1n) is 7.91. The van der Waals surface area contributed by atoms with Crippen molar-refractivity contribution in [3.05, 3.63) is 60.6 Å². The highest BCUT2D eigenvalue weighted by molar-refractivity contribution is 5.56. The predicted molar refractivity (Wildman–Crippen MR) is 90.0 cm³/mol. The van der Waals surface area contributed by atoms with Crippen molar-refractivity contribution in [2.45, 2.75) is 12.3 Å². The lowest BCUT2D eigenvalue weighted by molar-refractivity contribution is 0.694. The monoisotopic (exact) mass is 305 g/mol. The van der Waals surface area contributed by atoms with E-state index in [1.807, 2.05) is 60.5 Å². The maximum absolute atomic E-state index is 4.61. The molecule has 5 nitrogen and oxygen atoms in total. The van der Waals surface area contributed by atoms with E-state index in [1.165, 1.54) is 12.1 Å². The fourth-order valence-corrected chi connectivity index (χ4v) is 3.00. The number of anilines is 1. The lowest BCUT2D eigenvalue weighted by Gasteiger charge is -2.07. The number of aromatic nitrogens is 4. The van der Waals surface area contributed by atoms with E-state index in [0.29, 0.717) is 11.8 Å². The van der Waals surface area contributed by atoms with E-state index in [-0.39, 0.29) is 0 Å². The molecule has 0 saturated heterocycles. The molecule has 0 radical (unpaired) electrons. The van der Waals surface area contributed by atoms with Crippen molar-refractivity contribution in [3.63, 3.8) is 0 Å². The molecule has 0 amide bonds. The second-order valence-corrected chi connectivity index (χ2v) is 5.99. The van der Waals surface area contributed by atoms with E-state index in [2.05, 4.69) is 26.4 Å². The minimum Gasteiger partial charge on any atom is -0.370 e. The van der Waals surface area contributed by atoms with Crippen LogP contribution >= 0.6 is 0 Å². The maximum atomic E-state index is 4.61. The summed E-state index contributed by atoms with van der Waals surface area (Å²) in [6.07, 6.45) is 4.89. The van der Waals surface area contributed by atoms with Crippen LogP contribution in [0, 0.1) is 5.92 Å². The van der Waals surface area contributed by atoms with Crippen molar-refractivity contribution in [3.8, 4) is 11.4 Å². The zero-order valence-electron chi connectivity index (χ0n) is 13.1. The second-order valence-electron chi connectivity index (χ2n) is 5.99. The van der Waals surface area contributed by atoms with Gasteiger partial charge in [-0.05, 0) is 24.5 Å². The van der Waals surface area contributed by atoms with Crippen molar-refractivity contribution in [2.75, 3.05) is 11.9 Å². The number of nitrogens with zero attached hydrogens (tertiary/aromatic N) is 4. The average molecular weight is 305 g/mol. The summed E-state index contributed by atoms with van der Waals surface area (Å²) in [5, 5.41) is 7.70. The Hall–Kier alpha value is -2.69. The van der Waals surface area contributed by atoms with Gasteiger partial charge in [0.1, 0.15) is 5.82 Å². The molecule has 5 heteroatoms. The normalized spacial score (nSPS) is 19.5. The van der Waals surface area contributed by atoms with Gasteiger partial charge >= 0.3 is 0 Å². The molecular weight excluding hydrogens is 286 g/mol. The Labute approximate surface area is 135 Å². The van der Waals surface area contributed by atoms with Gasteiger partial charge in [-0.25, -0.2) is 9.97 Å². The van der Waals surface area contributed by atoms with E-state index in [0.717, 1.165) is 23.8 Å². The first kappa shape index (κ1) is 13.9. The number of aryl methyl sites for hydroxylation is 1. The van der Waals surface area contributed by atoms with Crippen LogP contribution in [0.25, 0.3) is 11.4 Å². The van der Waals surface area contributed by atoms with Crippen molar-refractivity contribution in [1.82, 2.24) is 19.7 Å². The highest BCUT2D eigenvalue weighted by atomic mass is 15.3. The first-order chi connectivity index (χ1) is 11.3. The molecular formula is C18H19N5. The molecule has 1 N–H and O–H groups in total. The van der Waals surface area contributed by atoms with Gasteiger partial charge in [0.05, 0.1) is 0 Å². The molecule has 1 fully saturated rings. The van der Waals surface area contributed by atoms with Crippen LogP contribution < -0.4 is 5.32 Å².